The molecule has 1 aromatic heterocycles. The minimum atomic E-state index is -0.395. The maximum absolute atomic E-state index is 11.9. The molecular weight excluding hydrogens is 280 g/mol. The number of ether oxygens (including phenoxy) is 1. The van der Waals surface area contributed by atoms with Crippen molar-refractivity contribution in [1.29, 1.82) is 5.26 Å². The maximum atomic E-state index is 11.9. The number of para-hydroxylation sites is 1. The summed E-state index contributed by atoms with van der Waals surface area (Å²) < 4.78 is 5.22. The molecule has 0 amide bonds. The number of aromatic nitrogens is 1. The van der Waals surface area contributed by atoms with Gasteiger partial charge in [-0.05, 0) is 43.5 Å². The molecule has 0 saturated heterocycles. The monoisotopic (exact) mass is 296 g/mol. The molecule has 112 valence electrons. The SMILES string of the molecule is Cc1[nH]c(=O)c(C#N)c(C)c1CCC(=O)Oc1ccccc1. The molecule has 1 aromatic carbocycles. The zero-order valence-electron chi connectivity index (χ0n) is 12.5. The quantitative estimate of drug-likeness (QED) is 0.693. The topological polar surface area (TPSA) is 83.0 Å². The van der Waals surface area contributed by atoms with Crippen LogP contribution in [0, 0.1) is 25.2 Å². The molecule has 5 nitrogen and oxygen atoms in total. The molecular formula is C17H16N2O3. The highest BCUT2D eigenvalue weighted by Gasteiger charge is 2.14. The first-order valence-corrected chi connectivity index (χ1v) is 6.91. The molecule has 2 rings (SSSR count). The van der Waals surface area contributed by atoms with E-state index in [1.165, 1.54) is 0 Å². The molecule has 0 aliphatic rings. The molecule has 0 fully saturated rings. The Hall–Kier alpha value is -2.87. The van der Waals surface area contributed by atoms with Crippen molar-refractivity contribution in [2.45, 2.75) is 26.7 Å². The highest BCUT2D eigenvalue weighted by atomic mass is 16.5. The lowest BCUT2D eigenvalue weighted by Crippen LogP contribution is -2.18. The van der Waals surface area contributed by atoms with Gasteiger partial charge in [-0.2, -0.15) is 5.26 Å². The van der Waals surface area contributed by atoms with Crippen molar-refractivity contribution in [3.8, 4) is 11.8 Å². The highest BCUT2D eigenvalue weighted by Crippen LogP contribution is 2.16. The molecule has 0 aliphatic heterocycles. The molecule has 5 heteroatoms. The van der Waals surface area contributed by atoms with Crippen LogP contribution >= 0.6 is 0 Å². The average Bonchev–Trinajstić information content (AvgIpc) is 2.48. The van der Waals surface area contributed by atoms with Gasteiger partial charge in [0.25, 0.3) is 5.56 Å². The lowest BCUT2D eigenvalue weighted by Gasteiger charge is -2.10. The van der Waals surface area contributed by atoms with Gasteiger partial charge in [-0.3, -0.25) is 9.59 Å². The van der Waals surface area contributed by atoms with Gasteiger partial charge in [0.05, 0.1) is 6.42 Å². The first-order valence-electron chi connectivity index (χ1n) is 6.91. The van der Waals surface area contributed by atoms with Crippen molar-refractivity contribution in [1.82, 2.24) is 4.98 Å². The molecule has 0 atom stereocenters. The normalized spacial score (nSPS) is 10.0. The number of carbonyl (C=O) groups is 1. The number of hydrogen-bond donors (Lipinski definition) is 1. The number of hydrogen-bond acceptors (Lipinski definition) is 4. The van der Waals surface area contributed by atoms with Crippen LogP contribution in [0.3, 0.4) is 0 Å². The largest absolute Gasteiger partial charge is 0.427 e. The molecule has 1 N–H and O–H groups in total. The predicted octanol–water partition coefficient (Wildman–Crippen LogP) is 2.40. The van der Waals surface area contributed by atoms with Crippen LogP contribution in [0.4, 0.5) is 0 Å². The zero-order chi connectivity index (χ0) is 16.1. The van der Waals surface area contributed by atoms with E-state index < -0.39 is 5.56 Å². The number of esters is 1. The van der Waals surface area contributed by atoms with Crippen LogP contribution in [-0.4, -0.2) is 11.0 Å². The standard InChI is InChI=1S/C17H16N2O3/c1-11-14(12(2)19-17(21)15(11)10-18)8-9-16(20)22-13-6-4-3-5-7-13/h3-7H,8-9H2,1-2H3,(H,19,21). The number of nitriles is 1. The zero-order valence-corrected chi connectivity index (χ0v) is 12.5. The van der Waals surface area contributed by atoms with Gasteiger partial charge in [-0.1, -0.05) is 18.2 Å². The third kappa shape index (κ3) is 3.41. The van der Waals surface area contributed by atoms with Gasteiger partial charge in [0.15, 0.2) is 0 Å². The summed E-state index contributed by atoms with van der Waals surface area (Å²) in [4.78, 5) is 26.2. The van der Waals surface area contributed by atoms with Crippen molar-refractivity contribution >= 4 is 5.97 Å². The van der Waals surface area contributed by atoms with E-state index in [1.54, 1.807) is 38.1 Å². The molecule has 22 heavy (non-hydrogen) atoms. The van der Waals surface area contributed by atoms with Crippen molar-refractivity contribution in [3.63, 3.8) is 0 Å². The summed E-state index contributed by atoms with van der Waals surface area (Å²) in [5, 5.41) is 9.03. The Bertz CT molecular complexity index is 786. The second-order valence-electron chi connectivity index (χ2n) is 4.96. The second kappa shape index (κ2) is 6.72. The smallest absolute Gasteiger partial charge is 0.311 e. The first-order chi connectivity index (χ1) is 10.5. The highest BCUT2D eigenvalue weighted by molar-refractivity contribution is 5.72. The Morgan fingerprint density at radius 1 is 1.27 bits per heavy atom. The van der Waals surface area contributed by atoms with Crippen molar-refractivity contribution in [2.24, 2.45) is 0 Å². The van der Waals surface area contributed by atoms with E-state index in [9.17, 15) is 9.59 Å². The second-order valence-corrected chi connectivity index (χ2v) is 4.96. The Morgan fingerprint density at radius 2 is 1.95 bits per heavy atom. The Morgan fingerprint density at radius 3 is 2.59 bits per heavy atom. The van der Waals surface area contributed by atoms with Gasteiger partial charge in [-0.25, -0.2) is 0 Å². The molecule has 0 aliphatic carbocycles. The van der Waals surface area contributed by atoms with Crippen molar-refractivity contribution in [3.05, 3.63) is 63.1 Å². The van der Waals surface area contributed by atoms with Crippen LogP contribution < -0.4 is 10.3 Å². The average molecular weight is 296 g/mol. The molecule has 0 spiro atoms. The molecule has 0 bridgehead atoms. The third-order valence-corrected chi connectivity index (χ3v) is 3.47. The number of H-pyrrole nitrogens is 1. The lowest BCUT2D eigenvalue weighted by atomic mass is 9.99. The van der Waals surface area contributed by atoms with Crippen molar-refractivity contribution in [2.75, 3.05) is 0 Å². The Labute approximate surface area is 128 Å². The fourth-order valence-electron chi connectivity index (χ4n) is 2.32. The van der Waals surface area contributed by atoms with Gasteiger partial charge in [-0.15, -0.1) is 0 Å². The first kappa shape index (κ1) is 15.5. The summed E-state index contributed by atoms with van der Waals surface area (Å²) in [6, 6.07) is 10.7. The lowest BCUT2D eigenvalue weighted by molar-refractivity contribution is -0.134. The van der Waals surface area contributed by atoms with Crippen LogP contribution in [0.1, 0.15) is 28.8 Å². The van der Waals surface area contributed by atoms with E-state index in [2.05, 4.69) is 4.98 Å². The molecule has 0 unspecified atom stereocenters. The summed E-state index contributed by atoms with van der Waals surface area (Å²) in [5.41, 5.74) is 1.80. The van der Waals surface area contributed by atoms with Crippen LogP contribution in [0.5, 0.6) is 5.75 Å². The summed E-state index contributed by atoms with van der Waals surface area (Å²) in [7, 11) is 0. The maximum Gasteiger partial charge on any atom is 0.311 e. The number of rotatable bonds is 4. The minimum absolute atomic E-state index is 0.0945. The summed E-state index contributed by atoms with van der Waals surface area (Å²) in [6.45, 7) is 3.48. The minimum Gasteiger partial charge on any atom is -0.427 e. The van der Waals surface area contributed by atoms with E-state index >= 15 is 0 Å². The number of benzene rings is 1. The summed E-state index contributed by atoms with van der Waals surface area (Å²) in [5.74, 6) is 0.148. The Kier molecular flexibility index (Phi) is 4.74. The molecule has 0 saturated carbocycles. The fourth-order valence-corrected chi connectivity index (χ4v) is 2.32. The van der Waals surface area contributed by atoms with Gasteiger partial charge in [0, 0.05) is 5.69 Å². The van der Waals surface area contributed by atoms with Crippen LogP contribution in [0.2, 0.25) is 0 Å². The van der Waals surface area contributed by atoms with Gasteiger partial charge in [0.2, 0.25) is 0 Å². The van der Waals surface area contributed by atoms with Crippen LogP contribution in [-0.2, 0) is 11.2 Å². The number of nitrogens with one attached hydrogen (secondary N) is 1. The van der Waals surface area contributed by atoms with Gasteiger partial charge >= 0.3 is 5.97 Å². The molecule has 2 aromatic rings. The number of aromatic amines is 1. The van der Waals surface area contributed by atoms with E-state index in [-0.39, 0.29) is 18.0 Å². The molecule has 0 radical (unpaired) electrons. The number of carbonyl (C=O) groups excluding carboxylic acids is 1. The number of nitrogens with zero attached hydrogens (tertiary/aromatic N) is 1. The van der Waals surface area contributed by atoms with E-state index in [0.29, 0.717) is 23.4 Å². The van der Waals surface area contributed by atoms with Crippen LogP contribution in [0.25, 0.3) is 0 Å². The van der Waals surface area contributed by atoms with Crippen LogP contribution in [0.15, 0.2) is 35.1 Å². The van der Waals surface area contributed by atoms with E-state index in [0.717, 1.165) is 5.56 Å². The third-order valence-electron chi connectivity index (χ3n) is 3.47. The Balaban J connectivity index is 2.11. The van der Waals surface area contributed by atoms with Gasteiger partial charge in [0.1, 0.15) is 17.4 Å². The summed E-state index contributed by atoms with van der Waals surface area (Å²) in [6.07, 6.45) is 0.586. The van der Waals surface area contributed by atoms with E-state index in [1.807, 2.05) is 12.1 Å². The predicted molar refractivity (Wildman–Crippen MR) is 81.6 cm³/mol. The van der Waals surface area contributed by atoms with E-state index in [4.69, 9.17) is 10.00 Å². The van der Waals surface area contributed by atoms with Crippen molar-refractivity contribution < 1.29 is 9.53 Å². The number of aryl methyl sites for hydroxylation is 1. The molecule has 1 heterocycles. The number of pyridine rings is 1. The summed E-state index contributed by atoms with van der Waals surface area (Å²) >= 11 is 0. The fraction of sp³-hybridized carbons (Fsp3) is 0.235. The van der Waals surface area contributed by atoms with Gasteiger partial charge < -0.3 is 9.72 Å².